The molecule has 2 nitrogen and oxygen atoms in total. The zero-order valence-electron chi connectivity index (χ0n) is 11.0. The Hall–Kier alpha value is -1.96. The third kappa shape index (κ3) is 1.63. The summed E-state index contributed by atoms with van der Waals surface area (Å²) in [5.74, 6) is 0.682. The number of hydrogen-bond donors (Lipinski definition) is 1. The summed E-state index contributed by atoms with van der Waals surface area (Å²) in [6, 6.07) is 15.1. The third-order valence-electron chi connectivity index (χ3n) is 4.52. The second kappa shape index (κ2) is 4.02. The molecular weight excluding hydrogens is 232 g/mol. The number of fused-ring (bicyclic) bond motifs is 2. The van der Waals surface area contributed by atoms with Crippen LogP contribution in [0.25, 0.3) is 0 Å². The molecule has 0 radical (unpaired) electrons. The Bertz CT molecular complexity index is 633. The van der Waals surface area contributed by atoms with Gasteiger partial charge in [0, 0.05) is 19.0 Å². The summed E-state index contributed by atoms with van der Waals surface area (Å²) in [4.78, 5) is 2.48. The smallest absolute Gasteiger partial charge is 0.0633 e. The molecule has 0 aromatic heterocycles. The van der Waals surface area contributed by atoms with Gasteiger partial charge < -0.3 is 10.6 Å². The number of anilines is 2. The average molecular weight is 250 g/mol. The fourth-order valence-corrected chi connectivity index (χ4v) is 3.54. The summed E-state index contributed by atoms with van der Waals surface area (Å²) < 4.78 is 0. The Balaban J connectivity index is 1.59. The minimum absolute atomic E-state index is 0.682. The predicted molar refractivity (Wildman–Crippen MR) is 79.7 cm³/mol. The molecular formula is C17H18N2. The first kappa shape index (κ1) is 10.9. The molecule has 1 unspecified atom stereocenters. The second-order valence-electron chi connectivity index (χ2n) is 5.65. The van der Waals surface area contributed by atoms with Crippen LogP contribution in [0.2, 0.25) is 0 Å². The lowest BCUT2D eigenvalue weighted by Gasteiger charge is -2.34. The van der Waals surface area contributed by atoms with Crippen LogP contribution >= 0.6 is 0 Å². The van der Waals surface area contributed by atoms with E-state index in [1.54, 1.807) is 0 Å². The highest BCUT2D eigenvalue weighted by Crippen LogP contribution is 2.39. The van der Waals surface area contributed by atoms with E-state index in [4.69, 9.17) is 5.73 Å². The molecule has 0 bridgehead atoms. The van der Waals surface area contributed by atoms with Crippen molar-refractivity contribution in [2.24, 2.45) is 0 Å². The number of rotatable bonds is 2. The zero-order chi connectivity index (χ0) is 12.8. The number of benzene rings is 2. The van der Waals surface area contributed by atoms with Crippen LogP contribution < -0.4 is 10.6 Å². The molecule has 1 atom stereocenters. The maximum atomic E-state index is 6.15. The standard InChI is InChI=1S/C17H18N2/c18-16-7-3-5-12-8-9-19(17(12)16)11-14-10-13-4-1-2-6-15(13)14/h1-7,14H,8-11,18H2. The monoisotopic (exact) mass is 250 g/mol. The Kier molecular flexibility index (Phi) is 2.31. The molecule has 4 rings (SSSR count). The highest BCUT2D eigenvalue weighted by Gasteiger charge is 2.30. The number of para-hydroxylation sites is 1. The Morgan fingerprint density at radius 3 is 2.79 bits per heavy atom. The first-order valence-corrected chi connectivity index (χ1v) is 7.03. The van der Waals surface area contributed by atoms with Crippen LogP contribution in [0.15, 0.2) is 42.5 Å². The molecule has 1 heterocycles. The highest BCUT2D eigenvalue weighted by atomic mass is 15.2. The van der Waals surface area contributed by atoms with Crippen molar-refractivity contribution < 1.29 is 0 Å². The van der Waals surface area contributed by atoms with E-state index in [1.165, 1.54) is 28.8 Å². The van der Waals surface area contributed by atoms with E-state index < -0.39 is 0 Å². The topological polar surface area (TPSA) is 29.3 Å². The molecule has 1 aliphatic heterocycles. The largest absolute Gasteiger partial charge is 0.397 e. The molecule has 2 aromatic rings. The van der Waals surface area contributed by atoms with Crippen LogP contribution in [0.4, 0.5) is 11.4 Å². The molecule has 2 aliphatic rings. The predicted octanol–water partition coefficient (Wildman–Crippen LogP) is 2.97. The first-order valence-electron chi connectivity index (χ1n) is 7.03. The van der Waals surface area contributed by atoms with Gasteiger partial charge in [0.2, 0.25) is 0 Å². The SMILES string of the molecule is Nc1cccc2c1N(CC1Cc3ccccc31)CC2. The average Bonchev–Trinajstić information content (AvgIpc) is 2.81. The lowest BCUT2D eigenvalue weighted by molar-refractivity contribution is 0.590. The van der Waals surface area contributed by atoms with E-state index in [0.717, 1.165) is 25.2 Å². The van der Waals surface area contributed by atoms with Gasteiger partial charge in [-0.2, -0.15) is 0 Å². The van der Waals surface area contributed by atoms with Crippen LogP contribution in [0, 0.1) is 0 Å². The fourth-order valence-electron chi connectivity index (χ4n) is 3.54. The van der Waals surface area contributed by atoms with Crippen molar-refractivity contribution in [3.8, 4) is 0 Å². The lowest BCUT2D eigenvalue weighted by atomic mass is 9.77. The lowest BCUT2D eigenvalue weighted by Crippen LogP contribution is -2.32. The van der Waals surface area contributed by atoms with Gasteiger partial charge in [-0.05, 0) is 35.6 Å². The number of nitrogen functional groups attached to an aromatic ring is 1. The molecule has 0 spiro atoms. The Morgan fingerprint density at radius 1 is 1.05 bits per heavy atom. The summed E-state index contributed by atoms with van der Waals surface area (Å²) in [7, 11) is 0. The van der Waals surface area contributed by atoms with Crippen molar-refractivity contribution in [1.82, 2.24) is 0 Å². The summed E-state index contributed by atoms with van der Waals surface area (Å²) in [5, 5.41) is 0. The van der Waals surface area contributed by atoms with Gasteiger partial charge in [-0.3, -0.25) is 0 Å². The minimum atomic E-state index is 0.682. The molecule has 2 N–H and O–H groups in total. The van der Waals surface area contributed by atoms with Gasteiger partial charge in [-0.1, -0.05) is 36.4 Å². The number of nitrogens with two attached hydrogens (primary N) is 1. The van der Waals surface area contributed by atoms with Crippen molar-refractivity contribution in [1.29, 1.82) is 0 Å². The van der Waals surface area contributed by atoms with Gasteiger partial charge in [0.15, 0.2) is 0 Å². The van der Waals surface area contributed by atoms with E-state index in [-0.39, 0.29) is 0 Å². The first-order chi connectivity index (χ1) is 9.33. The quantitative estimate of drug-likeness (QED) is 0.830. The molecule has 1 aliphatic carbocycles. The molecule has 19 heavy (non-hydrogen) atoms. The van der Waals surface area contributed by atoms with E-state index in [1.807, 2.05) is 6.07 Å². The zero-order valence-corrected chi connectivity index (χ0v) is 11.0. The van der Waals surface area contributed by atoms with E-state index in [2.05, 4.69) is 41.3 Å². The molecule has 0 saturated heterocycles. The molecule has 96 valence electrons. The maximum absolute atomic E-state index is 6.15. The molecule has 0 saturated carbocycles. The van der Waals surface area contributed by atoms with Gasteiger partial charge in [-0.25, -0.2) is 0 Å². The summed E-state index contributed by atoms with van der Waals surface area (Å²) in [5.41, 5.74) is 12.8. The summed E-state index contributed by atoms with van der Waals surface area (Å²) in [6.45, 7) is 2.22. The van der Waals surface area contributed by atoms with Crippen LogP contribution in [0.5, 0.6) is 0 Å². The van der Waals surface area contributed by atoms with E-state index in [9.17, 15) is 0 Å². The van der Waals surface area contributed by atoms with Crippen molar-refractivity contribution in [2.45, 2.75) is 18.8 Å². The van der Waals surface area contributed by atoms with Gasteiger partial charge in [0.25, 0.3) is 0 Å². The number of nitrogens with zero attached hydrogens (tertiary/aromatic N) is 1. The van der Waals surface area contributed by atoms with Gasteiger partial charge in [0.05, 0.1) is 11.4 Å². The summed E-state index contributed by atoms with van der Waals surface area (Å²) >= 11 is 0. The van der Waals surface area contributed by atoms with E-state index >= 15 is 0 Å². The maximum Gasteiger partial charge on any atom is 0.0633 e. The molecule has 2 aromatic carbocycles. The third-order valence-corrected chi connectivity index (χ3v) is 4.52. The van der Waals surface area contributed by atoms with Crippen molar-refractivity contribution in [3.63, 3.8) is 0 Å². The van der Waals surface area contributed by atoms with Crippen molar-refractivity contribution >= 4 is 11.4 Å². The Labute approximate surface area is 113 Å². The minimum Gasteiger partial charge on any atom is -0.397 e. The fraction of sp³-hybridized carbons (Fsp3) is 0.294. The van der Waals surface area contributed by atoms with E-state index in [0.29, 0.717) is 5.92 Å². The highest BCUT2D eigenvalue weighted by molar-refractivity contribution is 5.74. The summed E-state index contributed by atoms with van der Waals surface area (Å²) in [6.07, 6.45) is 2.35. The molecule has 0 fully saturated rings. The molecule has 0 amide bonds. The van der Waals surface area contributed by atoms with Crippen molar-refractivity contribution in [2.75, 3.05) is 23.7 Å². The molecule has 2 heteroatoms. The Morgan fingerprint density at radius 2 is 1.89 bits per heavy atom. The van der Waals surface area contributed by atoms with Gasteiger partial charge in [-0.15, -0.1) is 0 Å². The van der Waals surface area contributed by atoms with Crippen LogP contribution in [-0.2, 0) is 12.8 Å². The van der Waals surface area contributed by atoms with Crippen LogP contribution in [0.1, 0.15) is 22.6 Å². The normalized spacial score (nSPS) is 19.8. The van der Waals surface area contributed by atoms with Gasteiger partial charge >= 0.3 is 0 Å². The van der Waals surface area contributed by atoms with Crippen LogP contribution in [0.3, 0.4) is 0 Å². The van der Waals surface area contributed by atoms with Crippen LogP contribution in [-0.4, -0.2) is 13.1 Å². The number of hydrogen-bond acceptors (Lipinski definition) is 2. The van der Waals surface area contributed by atoms with Crippen molar-refractivity contribution in [3.05, 3.63) is 59.2 Å². The second-order valence-corrected chi connectivity index (χ2v) is 5.65. The van der Waals surface area contributed by atoms with Gasteiger partial charge in [0.1, 0.15) is 0 Å².